The van der Waals surface area contributed by atoms with Gasteiger partial charge in [0.05, 0.1) is 11.8 Å². The van der Waals surface area contributed by atoms with Gasteiger partial charge in [0.2, 0.25) is 0 Å². The highest BCUT2D eigenvalue weighted by Gasteiger charge is 2.29. The molecule has 0 amide bonds. The number of carbonyl (C=O) groups excluding carboxylic acids is 2. The molecule has 0 N–H and O–H groups in total. The first-order chi connectivity index (χ1) is 30.3. The van der Waals surface area contributed by atoms with E-state index in [1.54, 1.807) is 0 Å². The van der Waals surface area contributed by atoms with Crippen molar-refractivity contribution in [3.05, 3.63) is 24.3 Å². The van der Waals surface area contributed by atoms with Gasteiger partial charge in [0.1, 0.15) is 12.7 Å². The van der Waals surface area contributed by atoms with Gasteiger partial charge in [0.25, 0.3) is 0 Å². The van der Waals surface area contributed by atoms with Crippen molar-refractivity contribution in [1.29, 1.82) is 0 Å². The van der Waals surface area contributed by atoms with Crippen LogP contribution in [0.25, 0.3) is 0 Å². The predicted molar refractivity (Wildman–Crippen MR) is 272 cm³/mol. The molecule has 0 radical (unpaired) electrons. The molecule has 0 fully saturated rings. The average molecular weight is 873 g/mol. The first kappa shape index (κ1) is 60.4. The lowest BCUT2D eigenvalue weighted by atomic mass is 9.86. The fraction of sp³-hybridized carbons (Fsp3) is 0.895. The third kappa shape index (κ3) is 37.7. The molecule has 0 aromatic rings. The van der Waals surface area contributed by atoms with Crippen molar-refractivity contribution >= 4 is 11.9 Å². The van der Waals surface area contributed by atoms with E-state index in [1.165, 1.54) is 154 Å². The van der Waals surface area contributed by atoms with E-state index >= 15 is 0 Å². The van der Waals surface area contributed by atoms with Crippen molar-refractivity contribution in [1.82, 2.24) is 4.90 Å². The first-order valence-electron chi connectivity index (χ1n) is 27.6. The van der Waals surface area contributed by atoms with Crippen LogP contribution in [0.3, 0.4) is 0 Å². The largest absolute Gasteiger partial charge is 0.461 e. The van der Waals surface area contributed by atoms with Gasteiger partial charge in [-0.3, -0.25) is 9.59 Å². The van der Waals surface area contributed by atoms with Crippen LogP contribution in [0.1, 0.15) is 273 Å². The normalized spacial score (nSPS) is 14.5. The zero-order valence-corrected chi connectivity index (χ0v) is 43.1. The Kier molecular flexibility index (Phi) is 44.7. The SMILES string of the molecule is CCCCCCCC/C=C\CCCCCCC(CC(CC)CCCC)C(=O)OCC(CN(C)C)OC(=O)C(CCCCCC/C=C\CCCCCCCC)CC(CC)CCCC. The number of likely N-dealkylation sites (N-methyl/N-ethyl adjacent to an activating group) is 1. The second kappa shape index (κ2) is 45.9. The lowest BCUT2D eigenvalue weighted by Crippen LogP contribution is -2.37. The van der Waals surface area contributed by atoms with Gasteiger partial charge in [-0.2, -0.15) is 0 Å². The van der Waals surface area contributed by atoms with Gasteiger partial charge in [-0.15, -0.1) is 0 Å². The quantitative estimate of drug-likeness (QED) is 0.0346. The molecule has 0 aromatic heterocycles. The van der Waals surface area contributed by atoms with E-state index in [4.69, 9.17) is 9.47 Å². The van der Waals surface area contributed by atoms with Gasteiger partial charge >= 0.3 is 11.9 Å². The van der Waals surface area contributed by atoms with Crippen LogP contribution in [0, 0.1) is 23.7 Å². The van der Waals surface area contributed by atoms with E-state index in [-0.39, 0.29) is 30.4 Å². The summed E-state index contributed by atoms with van der Waals surface area (Å²) in [7, 11) is 4.02. The molecule has 0 rings (SSSR count). The molecule has 5 heteroatoms. The minimum Gasteiger partial charge on any atom is -0.461 e. The summed E-state index contributed by atoms with van der Waals surface area (Å²) in [5, 5.41) is 0. The molecule has 0 heterocycles. The molecule has 0 saturated heterocycles. The summed E-state index contributed by atoms with van der Waals surface area (Å²) in [4.78, 5) is 30.0. The van der Waals surface area contributed by atoms with Crippen LogP contribution in [-0.4, -0.2) is 50.2 Å². The molecule has 0 saturated carbocycles. The van der Waals surface area contributed by atoms with E-state index in [0.29, 0.717) is 18.4 Å². The lowest BCUT2D eigenvalue weighted by molar-refractivity contribution is -0.166. The maximum atomic E-state index is 14.1. The predicted octanol–water partition coefficient (Wildman–Crippen LogP) is 17.7. The Morgan fingerprint density at radius 3 is 1.16 bits per heavy atom. The van der Waals surface area contributed by atoms with E-state index in [0.717, 1.165) is 77.0 Å². The smallest absolute Gasteiger partial charge is 0.309 e. The molecule has 366 valence electrons. The van der Waals surface area contributed by atoms with E-state index < -0.39 is 6.10 Å². The first-order valence-corrected chi connectivity index (χ1v) is 27.6. The summed E-state index contributed by atoms with van der Waals surface area (Å²) in [5.74, 6) is 0.738. The highest BCUT2D eigenvalue weighted by atomic mass is 16.6. The molecule has 5 unspecified atom stereocenters. The minimum absolute atomic E-state index is 0.0834. The second-order valence-corrected chi connectivity index (χ2v) is 19.7. The highest BCUT2D eigenvalue weighted by molar-refractivity contribution is 5.73. The molecule has 62 heavy (non-hydrogen) atoms. The molecule has 0 aliphatic heterocycles. The summed E-state index contributed by atoms with van der Waals surface area (Å²) in [6.45, 7) is 14.3. The molecule has 0 spiro atoms. The van der Waals surface area contributed by atoms with Gasteiger partial charge in [0, 0.05) is 6.54 Å². The summed E-state index contributed by atoms with van der Waals surface area (Å²) in [6.07, 6.45) is 52.4. The zero-order chi connectivity index (χ0) is 45.7. The van der Waals surface area contributed by atoms with Gasteiger partial charge in [-0.25, -0.2) is 0 Å². The maximum absolute atomic E-state index is 14.1. The Labute approximate surface area is 388 Å². The van der Waals surface area contributed by atoms with Crippen molar-refractivity contribution < 1.29 is 19.1 Å². The van der Waals surface area contributed by atoms with Crippen LogP contribution in [0.15, 0.2) is 24.3 Å². The topological polar surface area (TPSA) is 55.8 Å². The van der Waals surface area contributed by atoms with Gasteiger partial charge in [0.15, 0.2) is 0 Å². The molecule has 0 aliphatic carbocycles. The number of hydrogen-bond donors (Lipinski definition) is 0. The van der Waals surface area contributed by atoms with Crippen molar-refractivity contribution in [2.45, 2.75) is 279 Å². The fourth-order valence-electron chi connectivity index (χ4n) is 9.09. The summed E-state index contributed by atoms with van der Waals surface area (Å²) in [5.41, 5.74) is 0. The van der Waals surface area contributed by atoms with Crippen LogP contribution in [-0.2, 0) is 19.1 Å². The number of ether oxygens (including phenoxy) is 2. The van der Waals surface area contributed by atoms with Crippen LogP contribution in [0.2, 0.25) is 0 Å². The summed E-state index contributed by atoms with van der Waals surface area (Å²) < 4.78 is 12.5. The van der Waals surface area contributed by atoms with E-state index in [1.807, 2.05) is 14.1 Å². The van der Waals surface area contributed by atoms with E-state index in [2.05, 4.69) is 70.7 Å². The molecule has 5 atom stereocenters. The number of nitrogens with zero attached hydrogens (tertiary/aromatic N) is 1. The molecular weight excluding hydrogens is 763 g/mol. The van der Waals surface area contributed by atoms with Gasteiger partial charge < -0.3 is 14.4 Å². The van der Waals surface area contributed by atoms with Crippen molar-refractivity contribution in [3.8, 4) is 0 Å². The highest BCUT2D eigenvalue weighted by Crippen LogP contribution is 2.29. The number of carbonyl (C=O) groups is 2. The molecule has 0 bridgehead atoms. The van der Waals surface area contributed by atoms with E-state index in [9.17, 15) is 9.59 Å². The molecule has 5 nitrogen and oxygen atoms in total. The Morgan fingerprint density at radius 1 is 0.435 bits per heavy atom. The monoisotopic (exact) mass is 872 g/mol. The number of rotatable bonds is 47. The van der Waals surface area contributed by atoms with Gasteiger partial charge in [-0.05, 0) is 103 Å². The Hall–Kier alpha value is -1.62. The second-order valence-electron chi connectivity index (χ2n) is 19.7. The number of esters is 2. The Balaban J connectivity index is 5.27. The minimum atomic E-state index is -0.459. The Morgan fingerprint density at radius 2 is 0.790 bits per heavy atom. The lowest BCUT2D eigenvalue weighted by Gasteiger charge is -2.27. The number of allylic oxidation sites excluding steroid dienone is 4. The summed E-state index contributed by atoms with van der Waals surface area (Å²) in [6, 6.07) is 0. The van der Waals surface area contributed by atoms with Gasteiger partial charge in [-0.1, -0.05) is 220 Å². The molecular formula is C57H109NO4. The van der Waals surface area contributed by atoms with Crippen LogP contribution >= 0.6 is 0 Å². The standard InChI is InChI=1S/C57H109NO4/c1-9-15-19-21-23-25-27-29-31-33-35-37-39-41-45-53(47-51(13-5)43-17-11-3)56(59)61-50-55(49-58(7)8)62-57(60)54(48-52(14-6)44-18-12-4)46-42-40-38-36-34-32-30-28-26-24-22-20-16-10-2/h29-32,51-55H,9-28,33-50H2,1-8H3/b31-29-,32-30-. The van der Waals surface area contributed by atoms with Crippen LogP contribution in [0.4, 0.5) is 0 Å². The Bertz CT molecular complexity index is 1020. The molecule has 0 aromatic carbocycles. The van der Waals surface area contributed by atoms with Crippen molar-refractivity contribution in [3.63, 3.8) is 0 Å². The summed E-state index contributed by atoms with van der Waals surface area (Å²) >= 11 is 0. The van der Waals surface area contributed by atoms with Crippen molar-refractivity contribution in [2.24, 2.45) is 23.7 Å². The maximum Gasteiger partial charge on any atom is 0.309 e. The third-order valence-corrected chi connectivity index (χ3v) is 13.4. The molecule has 0 aliphatic rings. The number of unbranched alkanes of at least 4 members (excludes halogenated alkanes) is 22. The van der Waals surface area contributed by atoms with Crippen molar-refractivity contribution in [2.75, 3.05) is 27.2 Å². The number of hydrogen-bond acceptors (Lipinski definition) is 5. The fourth-order valence-corrected chi connectivity index (χ4v) is 9.09. The zero-order valence-electron chi connectivity index (χ0n) is 43.1. The van der Waals surface area contributed by atoms with Crippen LogP contribution < -0.4 is 0 Å². The third-order valence-electron chi connectivity index (χ3n) is 13.4. The average Bonchev–Trinajstić information content (AvgIpc) is 3.26. The van der Waals surface area contributed by atoms with Crippen LogP contribution in [0.5, 0.6) is 0 Å².